The molecular weight excluding hydrogens is 469 g/mol. The molecule has 1 heterocycles. The van der Waals surface area contributed by atoms with E-state index in [4.69, 9.17) is 0 Å². The normalized spacial score (nSPS) is 11.7. The molecule has 0 saturated carbocycles. The predicted octanol–water partition coefficient (Wildman–Crippen LogP) is 4.66. The van der Waals surface area contributed by atoms with Crippen LogP contribution in [0.4, 0.5) is 10.1 Å². The summed E-state index contributed by atoms with van der Waals surface area (Å²) in [5, 5.41) is 11.2. The Bertz CT molecular complexity index is 1500. The van der Waals surface area contributed by atoms with Gasteiger partial charge in [0.25, 0.3) is 0 Å². The van der Waals surface area contributed by atoms with E-state index in [-0.39, 0.29) is 30.7 Å². The van der Waals surface area contributed by atoms with Gasteiger partial charge in [-0.1, -0.05) is 78.0 Å². The Labute approximate surface area is 213 Å². The number of halogens is 1. The zero-order chi connectivity index (χ0) is 25.6. The number of hydrogen-bond acceptors (Lipinski definition) is 4. The molecular formula is C29H24FN5O2. The van der Waals surface area contributed by atoms with Gasteiger partial charge >= 0.3 is 0 Å². The minimum Gasteiger partial charge on any atom is -0.350 e. The lowest BCUT2D eigenvalue weighted by molar-refractivity contribution is -0.127. The van der Waals surface area contributed by atoms with Crippen molar-refractivity contribution in [1.29, 1.82) is 0 Å². The molecule has 8 heteroatoms. The molecule has 37 heavy (non-hydrogen) atoms. The van der Waals surface area contributed by atoms with Crippen LogP contribution in [0.15, 0.2) is 109 Å². The summed E-state index contributed by atoms with van der Waals surface area (Å²) in [4.78, 5) is 29.1. The van der Waals surface area contributed by atoms with Gasteiger partial charge in [0.15, 0.2) is 0 Å². The minimum absolute atomic E-state index is 0.107. The molecule has 0 spiro atoms. The Morgan fingerprint density at radius 3 is 2.22 bits per heavy atom. The van der Waals surface area contributed by atoms with E-state index in [1.165, 1.54) is 21.7 Å². The molecule has 4 aromatic carbocycles. The van der Waals surface area contributed by atoms with Crippen LogP contribution in [0.2, 0.25) is 0 Å². The highest BCUT2D eigenvalue weighted by molar-refractivity contribution is 6.01. The van der Waals surface area contributed by atoms with Gasteiger partial charge in [-0.05, 0) is 47.5 Å². The van der Waals surface area contributed by atoms with Crippen LogP contribution in [0.3, 0.4) is 0 Å². The predicted molar refractivity (Wildman–Crippen MR) is 139 cm³/mol. The second kappa shape index (κ2) is 10.8. The van der Waals surface area contributed by atoms with E-state index < -0.39 is 6.04 Å². The topological polar surface area (TPSA) is 80.1 Å². The van der Waals surface area contributed by atoms with Crippen LogP contribution in [0.5, 0.6) is 0 Å². The summed E-state index contributed by atoms with van der Waals surface area (Å²) in [6.45, 7) is 0.0803. The second-order valence-electron chi connectivity index (χ2n) is 8.49. The molecule has 7 nitrogen and oxygen atoms in total. The Morgan fingerprint density at radius 1 is 0.838 bits per heavy atom. The number of para-hydroxylation sites is 2. The minimum atomic E-state index is -0.952. The lowest BCUT2D eigenvalue weighted by Gasteiger charge is -2.31. The fraction of sp³-hybridized carbons (Fsp3) is 0.103. The SMILES string of the molecule is O=C(NCc1ccc(F)cc1)[C@@H](c1ccccc1)N(C(=O)Cn1nnc2ccccc21)c1ccccc1. The van der Waals surface area contributed by atoms with E-state index in [0.29, 0.717) is 16.8 Å². The van der Waals surface area contributed by atoms with E-state index in [0.717, 1.165) is 11.1 Å². The number of anilines is 1. The van der Waals surface area contributed by atoms with Crippen LogP contribution < -0.4 is 10.2 Å². The number of nitrogens with one attached hydrogen (secondary N) is 1. The van der Waals surface area contributed by atoms with Gasteiger partial charge in [-0.2, -0.15) is 0 Å². The standard InChI is InChI=1S/C29H24FN5O2/c30-23-17-15-21(16-18-23)19-31-29(37)28(22-9-3-1-4-10-22)35(24-11-5-2-6-12-24)27(36)20-34-26-14-8-7-13-25(26)32-33-34/h1-18,28H,19-20H2,(H,31,37)/t28-/m1/s1. The number of rotatable bonds is 8. The first kappa shape index (κ1) is 23.9. The molecule has 1 aromatic heterocycles. The molecule has 5 rings (SSSR count). The first-order chi connectivity index (χ1) is 18.1. The summed E-state index contributed by atoms with van der Waals surface area (Å²) in [5.41, 5.74) is 3.37. The van der Waals surface area contributed by atoms with Gasteiger partial charge in [-0.25, -0.2) is 9.07 Å². The van der Waals surface area contributed by atoms with E-state index in [1.54, 1.807) is 24.3 Å². The van der Waals surface area contributed by atoms with Crippen molar-refractivity contribution >= 4 is 28.5 Å². The largest absolute Gasteiger partial charge is 0.350 e. The quantitative estimate of drug-likeness (QED) is 0.341. The van der Waals surface area contributed by atoms with Crippen LogP contribution in [0.1, 0.15) is 17.2 Å². The molecule has 0 radical (unpaired) electrons. The van der Waals surface area contributed by atoms with Gasteiger partial charge in [0.05, 0.1) is 5.52 Å². The molecule has 0 aliphatic rings. The third-order valence-electron chi connectivity index (χ3n) is 6.01. The van der Waals surface area contributed by atoms with Crippen molar-refractivity contribution in [1.82, 2.24) is 20.3 Å². The zero-order valence-electron chi connectivity index (χ0n) is 19.9. The molecule has 0 aliphatic heterocycles. The maximum absolute atomic E-state index is 13.9. The van der Waals surface area contributed by atoms with Crippen molar-refractivity contribution in [2.24, 2.45) is 0 Å². The van der Waals surface area contributed by atoms with Crippen LogP contribution >= 0.6 is 0 Å². The molecule has 0 unspecified atom stereocenters. The van der Waals surface area contributed by atoms with Crippen LogP contribution in [0, 0.1) is 5.82 Å². The Morgan fingerprint density at radius 2 is 1.49 bits per heavy atom. The Kier molecular flexibility index (Phi) is 6.98. The fourth-order valence-electron chi connectivity index (χ4n) is 4.21. The summed E-state index contributed by atoms with van der Waals surface area (Å²) in [6.07, 6.45) is 0. The van der Waals surface area contributed by atoms with Crippen LogP contribution in [-0.2, 0) is 22.7 Å². The van der Waals surface area contributed by atoms with Crippen LogP contribution in [-0.4, -0.2) is 26.8 Å². The van der Waals surface area contributed by atoms with Gasteiger partial charge in [0.2, 0.25) is 11.8 Å². The molecule has 0 aliphatic carbocycles. The smallest absolute Gasteiger partial charge is 0.249 e. The maximum atomic E-state index is 13.9. The molecule has 1 atom stereocenters. The molecule has 5 aromatic rings. The highest BCUT2D eigenvalue weighted by atomic mass is 19.1. The van der Waals surface area contributed by atoms with Crippen molar-refractivity contribution in [3.8, 4) is 0 Å². The zero-order valence-corrected chi connectivity index (χ0v) is 19.9. The average molecular weight is 494 g/mol. The lowest BCUT2D eigenvalue weighted by Crippen LogP contribution is -2.45. The molecule has 0 saturated heterocycles. The molecule has 1 N–H and O–H groups in total. The fourth-order valence-corrected chi connectivity index (χ4v) is 4.21. The second-order valence-corrected chi connectivity index (χ2v) is 8.49. The van der Waals surface area contributed by atoms with Gasteiger partial charge < -0.3 is 5.32 Å². The summed E-state index contributed by atoms with van der Waals surface area (Å²) < 4.78 is 14.9. The Balaban J connectivity index is 1.50. The third-order valence-corrected chi connectivity index (χ3v) is 6.01. The monoisotopic (exact) mass is 493 g/mol. The van der Waals surface area contributed by atoms with E-state index in [2.05, 4.69) is 15.6 Å². The van der Waals surface area contributed by atoms with Crippen molar-refractivity contribution in [3.05, 3.63) is 126 Å². The van der Waals surface area contributed by atoms with Gasteiger partial charge in [0.1, 0.15) is 23.9 Å². The van der Waals surface area contributed by atoms with Crippen molar-refractivity contribution < 1.29 is 14.0 Å². The number of carbonyl (C=O) groups is 2. The van der Waals surface area contributed by atoms with Crippen molar-refractivity contribution in [2.45, 2.75) is 19.1 Å². The van der Waals surface area contributed by atoms with E-state index in [1.807, 2.05) is 72.8 Å². The number of nitrogens with zero attached hydrogens (tertiary/aromatic N) is 4. The Hall–Kier alpha value is -4.85. The summed E-state index contributed by atoms with van der Waals surface area (Å²) in [6, 6.07) is 30.6. The van der Waals surface area contributed by atoms with Crippen LogP contribution in [0.25, 0.3) is 11.0 Å². The summed E-state index contributed by atoms with van der Waals surface area (Å²) in [5.74, 6) is -1.04. The number of carbonyl (C=O) groups excluding carboxylic acids is 2. The number of benzene rings is 4. The number of amides is 2. The van der Waals surface area contributed by atoms with Crippen molar-refractivity contribution in [3.63, 3.8) is 0 Å². The first-order valence-corrected chi connectivity index (χ1v) is 11.8. The molecule has 0 fully saturated rings. The van der Waals surface area contributed by atoms with E-state index in [9.17, 15) is 14.0 Å². The average Bonchev–Trinajstić information content (AvgIpc) is 3.34. The van der Waals surface area contributed by atoms with Gasteiger partial charge in [-0.3, -0.25) is 14.5 Å². The number of aromatic nitrogens is 3. The summed E-state index contributed by atoms with van der Waals surface area (Å²) in [7, 11) is 0. The third kappa shape index (κ3) is 5.38. The first-order valence-electron chi connectivity index (χ1n) is 11.8. The molecule has 184 valence electrons. The summed E-state index contributed by atoms with van der Waals surface area (Å²) >= 11 is 0. The number of fused-ring (bicyclic) bond motifs is 1. The maximum Gasteiger partial charge on any atom is 0.249 e. The highest BCUT2D eigenvalue weighted by Gasteiger charge is 2.33. The molecule has 2 amide bonds. The number of hydrogen-bond donors (Lipinski definition) is 1. The van der Waals surface area contributed by atoms with Crippen molar-refractivity contribution in [2.75, 3.05) is 4.90 Å². The van der Waals surface area contributed by atoms with Gasteiger partial charge in [-0.15, -0.1) is 5.10 Å². The molecule has 0 bridgehead atoms. The highest BCUT2D eigenvalue weighted by Crippen LogP contribution is 2.28. The van der Waals surface area contributed by atoms with E-state index >= 15 is 0 Å². The van der Waals surface area contributed by atoms with Gasteiger partial charge in [0, 0.05) is 12.2 Å². The lowest BCUT2D eigenvalue weighted by atomic mass is 10.0.